The summed E-state index contributed by atoms with van der Waals surface area (Å²) in [7, 11) is 0. The SMILES string of the molecule is Cc1cc(Br)cc(C(C)(C)O)c1C. The number of rotatable bonds is 1. The average molecular weight is 243 g/mol. The van der Waals surface area contributed by atoms with E-state index in [9.17, 15) is 5.11 Å². The van der Waals surface area contributed by atoms with Crippen molar-refractivity contribution >= 4 is 15.9 Å². The summed E-state index contributed by atoms with van der Waals surface area (Å²) in [5.74, 6) is 0. The number of benzene rings is 1. The van der Waals surface area contributed by atoms with E-state index in [0.717, 1.165) is 15.6 Å². The van der Waals surface area contributed by atoms with Gasteiger partial charge in [0.25, 0.3) is 0 Å². The van der Waals surface area contributed by atoms with Gasteiger partial charge in [-0.05, 0) is 56.5 Å². The fourth-order valence-electron chi connectivity index (χ4n) is 1.45. The van der Waals surface area contributed by atoms with Crippen molar-refractivity contribution in [2.24, 2.45) is 0 Å². The molecule has 0 amide bonds. The summed E-state index contributed by atoms with van der Waals surface area (Å²) >= 11 is 3.43. The molecule has 1 aromatic carbocycles. The van der Waals surface area contributed by atoms with Crippen LogP contribution in [-0.2, 0) is 5.60 Å². The van der Waals surface area contributed by atoms with Crippen molar-refractivity contribution < 1.29 is 5.11 Å². The molecule has 1 N–H and O–H groups in total. The quantitative estimate of drug-likeness (QED) is 0.802. The fourth-order valence-corrected chi connectivity index (χ4v) is 2.02. The summed E-state index contributed by atoms with van der Waals surface area (Å²) in [4.78, 5) is 0. The molecule has 72 valence electrons. The molecule has 0 atom stereocenters. The molecule has 0 saturated carbocycles. The van der Waals surface area contributed by atoms with Crippen LogP contribution in [0.2, 0.25) is 0 Å². The van der Waals surface area contributed by atoms with Gasteiger partial charge in [-0.1, -0.05) is 15.9 Å². The number of halogens is 1. The number of hydrogen-bond donors (Lipinski definition) is 1. The highest BCUT2D eigenvalue weighted by Gasteiger charge is 2.19. The van der Waals surface area contributed by atoms with Gasteiger partial charge in [0.15, 0.2) is 0 Å². The van der Waals surface area contributed by atoms with E-state index in [1.807, 2.05) is 13.0 Å². The molecule has 0 unspecified atom stereocenters. The summed E-state index contributed by atoms with van der Waals surface area (Å²) in [6.45, 7) is 7.70. The monoisotopic (exact) mass is 242 g/mol. The van der Waals surface area contributed by atoms with Gasteiger partial charge in [-0.2, -0.15) is 0 Å². The number of aliphatic hydroxyl groups is 1. The molecule has 13 heavy (non-hydrogen) atoms. The van der Waals surface area contributed by atoms with E-state index >= 15 is 0 Å². The lowest BCUT2D eigenvalue weighted by molar-refractivity contribution is 0.0778. The van der Waals surface area contributed by atoms with Crippen molar-refractivity contribution in [2.45, 2.75) is 33.3 Å². The zero-order chi connectivity index (χ0) is 10.2. The van der Waals surface area contributed by atoms with Gasteiger partial charge in [0.2, 0.25) is 0 Å². The van der Waals surface area contributed by atoms with E-state index in [1.165, 1.54) is 5.56 Å². The second-order valence-electron chi connectivity index (χ2n) is 3.95. The summed E-state index contributed by atoms with van der Waals surface area (Å²) in [5, 5.41) is 9.90. The molecule has 1 aromatic rings. The second-order valence-corrected chi connectivity index (χ2v) is 4.87. The van der Waals surface area contributed by atoms with Crippen LogP contribution in [0.1, 0.15) is 30.5 Å². The van der Waals surface area contributed by atoms with Gasteiger partial charge >= 0.3 is 0 Å². The highest BCUT2D eigenvalue weighted by Crippen LogP contribution is 2.28. The molecule has 0 radical (unpaired) electrons. The van der Waals surface area contributed by atoms with E-state index in [4.69, 9.17) is 0 Å². The van der Waals surface area contributed by atoms with Crippen LogP contribution >= 0.6 is 15.9 Å². The first kappa shape index (κ1) is 10.7. The van der Waals surface area contributed by atoms with Crippen LogP contribution in [0.15, 0.2) is 16.6 Å². The molecule has 0 spiro atoms. The van der Waals surface area contributed by atoms with Crippen molar-refractivity contribution in [1.82, 2.24) is 0 Å². The van der Waals surface area contributed by atoms with Crippen molar-refractivity contribution in [3.8, 4) is 0 Å². The molecule has 0 saturated heterocycles. The molecular formula is C11H15BrO. The Morgan fingerprint density at radius 3 is 2.23 bits per heavy atom. The summed E-state index contributed by atoms with van der Waals surface area (Å²) in [6.07, 6.45) is 0. The van der Waals surface area contributed by atoms with Crippen LogP contribution in [0.5, 0.6) is 0 Å². The molecule has 0 aliphatic carbocycles. The van der Waals surface area contributed by atoms with Gasteiger partial charge < -0.3 is 5.11 Å². The van der Waals surface area contributed by atoms with Crippen LogP contribution in [0, 0.1) is 13.8 Å². The molecule has 1 rings (SSSR count). The van der Waals surface area contributed by atoms with Crippen LogP contribution < -0.4 is 0 Å². The van der Waals surface area contributed by atoms with E-state index in [2.05, 4.69) is 28.9 Å². The maximum absolute atomic E-state index is 9.90. The van der Waals surface area contributed by atoms with Gasteiger partial charge in [-0.25, -0.2) is 0 Å². The van der Waals surface area contributed by atoms with Crippen molar-refractivity contribution in [1.29, 1.82) is 0 Å². The Morgan fingerprint density at radius 2 is 1.77 bits per heavy atom. The zero-order valence-corrected chi connectivity index (χ0v) is 10.1. The summed E-state index contributed by atoms with van der Waals surface area (Å²) in [6, 6.07) is 4.03. The first-order chi connectivity index (χ1) is 5.82. The smallest absolute Gasteiger partial charge is 0.0843 e. The van der Waals surface area contributed by atoms with Crippen LogP contribution in [0.25, 0.3) is 0 Å². The van der Waals surface area contributed by atoms with E-state index in [0.29, 0.717) is 0 Å². The Morgan fingerprint density at radius 1 is 1.23 bits per heavy atom. The van der Waals surface area contributed by atoms with E-state index < -0.39 is 5.60 Å². The Hall–Kier alpha value is -0.340. The van der Waals surface area contributed by atoms with Crippen molar-refractivity contribution in [3.05, 3.63) is 33.3 Å². The standard InChI is InChI=1S/C11H15BrO/c1-7-5-9(12)6-10(8(7)2)11(3,4)13/h5-6,13H,1-4H3. The second kappa shape index (κ2) is 3.43. The molecular weight excluding hydrogens is 228 g/mol. The molecule has 0 heterocycles. The van der Waals surface area contributed by atoms with Gasteiger partial charge in [0.1, 0.15) is 0 Å². The van der Waals surface area contributed by atoms with Crippen molar-refractivity contribution in [3.63, 3.8) is 0 Å². The van der Waals surface area contributed by atoms with Gasteiger partial charge in [0.05, 0.1) is 5.60 Å². The Kier molecular flexibility index (Phi) is 2.83. The zero-order valence-electron chi connectivity index (χ0n) is 8.48. The third kappa shape index (κ3) is 2.32. The van der Waals surface area contributed by atoms with Crippen LogP contribution in [0.4, 0.5) is 0 Å². The Balaban J connectivity index is 3.37. The van der Waals surface area contributed by atoms with Crippen molar-refractivity contribution in [2.75, 3.05) is 0 Å². The highest BCUT2D eigenvalue weighted by atomic mass is 79.9. The van der Waals surface area contributed by atoms with E-state index in [-0.39, 0.29) is 0 Å². The normalized spacial score (nSPS) is 11.8. The largest absolute Gasteiger partial charge is 0.386 e. The van der Waals surface area contributed by atoms with E-state index in [1.54, 1.807) is 13.8 Å². The maximum Gasteiger partial charge on any atom is 0.0843 e. The first-order valence-electron chi connectivity index (χ1n) is 4.32. The number of hydrogen-bond acceptors (Lipinski definition) is 1. The summed E-state index contributed by atoms with van der Waals surface area (Å²) < 4.78 is 1.02. The molecule has 0 aromatic heterocycles. The predicted octanol–water partition coefficient (Wildman–Crippen LogP) is 3.29. The maximum atomic E-state index is 9.90. The lowest BCUT2D eigenvalue weighted by Crippen LogP contribution is -2.17. The lowest BCUT2D eigenvalue weighted by Gasteiger charge is -2.22. The van der Waals surface area contributed by atoms with Gasteiger partial charge in [-0.15, -0.1) is 0 Å². The molecule has 1 nitrogen and oxygen atoms in total. The highest BCUT2D eigenvalue weighted by molar-refractivity contribution is 9.10. The lowest BCUT2D eigenvalue weighted by atomic mass is 9.91. The van der Waals surface area contributed by atoms with Crippen LogP contribution in [-0.4, -0.2) is 5.11 Å². The molecule has 0 aliphatic heterocycles. The third-order valence-electron chi connectivity index (χ3n) is 2.29. The van der Waals surface area contributed by atoms with Gasteiger partial charge in [-0.3, -0.25) is 0 Å². The predicted molar refractivity (Wildman–Crippen MR) is 58.9 cm³/mol. The fraction of sp³-hybridized carbons (Fsp3) is 0.455. The summed E-state index contributed by atoms with van der Waals surface area (Å²) in [5.41, 5.74) is 2.58. The van der Waals surface area contributed by atoms with Gasteiger partial charge in [0, 0.05) is 4.47 Å². The minimum atomic E-state index is -0.765. The average Bonchev–Trinajstić information content (AvgIpc) is 1.94. The third-order valence-corrected chi connectivity index (χ3v) is 2.75. The molecule has 2 heteroatoms. The molecule has 0 fully saturated rings. The Labute approximate surface area is 87.9 Å². The first-order valence-corrected chi connectivity index (χ1v) is 5.11. The Bertz CT molecular complexity index is 324. The number of aryl methyl sites for hydroxylation is 1. The topological polar surface area (TPSA) is 20.2 Å². The minimum absolute atomic E-state index is 0.765. The molecule has 0 bridgehead atoms. The molecule has 0 aliphatic rings. The van der Waals surface area contributed by atoms with Crippen LogP contribution in [0.3, 0.4) is 0 Å². The minimum Gasteiger partial charge on any atom is -0.386 e.